The van der Waals surface area contributed by atoms with E-state index in [0.717, 1.165) is 44.2 Å². The fourth-order valence-corrected chi connectivity index (χ4v) is 1.23. The second kappa shape index (κ2) is 3.11. The van der Waals surface area contributed by atoms with Crippen LogP contribution in [-0.2, 0) is 9.57 Å². The van der Waals surface area contributed by atoms with Crippen molar-refractivity contribution < 1.29 is 9.57 Å². The quantitative estimate of drug-likeness (QED) is 0.507. The number of morpholine rings is 1. The third-order valence-electron chi connectivity index (χ3n) is 1.83. The lowest BCUT2D eigenvalue weighted by atomic mass is 10.3. The Hall–Kier alpha value is -0.740. The van der Waals surface area contributed by atoms with Crippen LogP contribution in [0.25, 0.3) is 0 Å². The van der Waals surface area contributed by atoms with E-state index in [9.17, 15) is 0 Å². The Morgan fingerprint density at radius 3 is 2.91 bits per heavy atom. The van der Waals surface area contributed by atoms with Gasteiger partial charge in [0, 0.05) is 13.0 Å². The van der Waals surface area contributed by atoms with Crippen LogP contribution in [0.2, 0.25) is 0 Å². The Morgan fingerprint density at radius 2 is 2.27 bits per heavy atom. The summed E-state index contributed by atoms with van der Waals surface area (Å²) in [5, 5.41) is 3.23. The van der Waals surface area contributed by atoms with Crippen molar-refractivity contribution in [3.8, 4) is 0 Å². The molecule has 2 saturated heterocycles. The molecular formula is C7H12N2O2. The highest BCUT2D eigenvalue weighted by Gasteiger charge is 2.15. The predicted molar refractivity (Wildman–Crippen MR) is 39.6 cm³/mol. The van der Waals surface area contributed by atoms with Crippen molar-refractivity contribution in [3.63, 3.8) is 0 Å². The van der Waals surface area contributed by atoms with Crippen molar-refractivity contribution in [1.29, 1.82) is 0 Å². The van der Waals surface area contributed by atoms with Crippen molar-refractivity contribution in [2.75, 3.05) is 26.3 Å². The van der Waals surface area contributed by atoms with Gasteiger partial charge in [-0.2, -0.15) is 0 Å². The largest absolute Gasteiger partial charge is 0.493 e. The van der Waals surface area contributed by atoms with E-state index in [4.69, 9.17) is 9.57 Å². The molecule has 2 aliphatic rings. The fraction of sp³-hybridized carbons (Fsp3) is 0.714. The third-order valence-corrected chi connectivity index (χ3v) is 1.83. The van der Waals surface area contributed by atoms with Crippen molar-refractivity contribution in [3.05, 3.63) is 11.5 Å². The van der Waals surface area contributed by atoms with Gasteiger partial charge in [-0.25, -0.2) is 0 Å². The number of rotatable bonds is 0. The predicted octanol–water partition coefficient (Wildman–Crippen LogP) is -0.257. The number of nitrogens with one attached hydrogen (secondary N) is 2. The first-order valence-electron chi connectivity index (χ1n) is 3.90. The van der Waals surface area contributed by atoms with Crippen LogP contribution >= 0.6 is 0 Å². The van der Waals surface area contributed by atoms with Gasteiger partial charge >= 0.3 is 0 Å². The van der Waals surface area contributed by atoms with Crippen LogP contribution in [0.1, 0.15) is 6.42 Å². The summed E-state index contributed by atoms with van der Waals surface area (Å²) in [6, 6.07) is 0. The van der Waals surface area contributed by atoms with Crippen LogP contribution in [0, 0.1) is 0 Å². The number of hydroxylamine groups is 1. The molecule has 0 aromatic rings. The summed E-state index contributed by atoms with van der Waals surface area (Å²) >= 11 is 0. The Morgan fingerprint density at radius 1 is 1.27 bits per heavy atom. The summed E-state index contributed by atoms with van der Waals surface area (Å²) in [6.07, 6.45) is 0.941. The molecule has 0 atom stereocenters. The molecule has 0 radical (unpaired) electrons. The maximum atomic E-state index is 5.44. The summed E-state index contributed by atoms with van der Waals surface area (Å²) < 4.78 is 5.44. The van der Waals surface area contributed by atoms with Gasteiger partial charge in [0.15, 0.2) is 0 Å². The van der Waals surface area contributed by atoms with Gasteiger partial charge in [0.05, 0.1) is 18.8 Å². The molecular weight excluding hydrogens is 144 g/mol. The lowest BCUT2D eigenvalue weighted by Crippen LogP contribution is -2.31. The molecule has 11 heavy (non-hydrogen) atoms. The molecule has 4 heteroatoms. The Balaban J connectivity index is 2.03. The number of hydrogen-bond acceptors (Lipinski definition) is 4. The fourth-order valence-electron chi connectivity index (χ4n) is 1.23. The molecule has 0 aliphatic carbocycles. The highest BCUT2D eigenvalue weighted by Crippen LogP contribution is 2.13. The highest BCUT2D eigenvalue weighted by molar-refractivity contribution is 5.09. The Labute approximate surface area is 65.5 Å². The van der Waals surface area contributed by atoms with Crippen LogP contribution in [0.5, 0.6) is 0 Å². The van der Waals surface area contributed by atoms with E-state index < -0.39 is 0 Å². The molecule has 4 nitrogen and oxygen atoms in total. The van der Waals surface area contributed by atoms with Gasteiger partial charge in [-0.3, -0.25) is 10.3 Å². The maximum Gasteiger partial charge on any atom is 0.131 e. The van der Waals surface area contributed by atoms with E-state index in [2.05, 4.69) is 10.8 Å². The van der Waals surface area contributed by atoms with Gasteiger partial charge in [0.25, 0.3) is 0 Å². The zero-order valence-electron chi connectivity index (χ0n) is 6.35. The molecule has 62 valence electrons. The minimum Gasteiger partial charge on any atom is -0.493 e. The molecule has 2 fully saturated rings. The van der Waals surface area contributed by atoms with Gasteiger partial charge in [0.1, 0.15) is 12.4 Å². The lowest BCUT2D eigenvalue weighted by Gasteiger charge is -2.18. The van der Waals surface area contributed by atoms with Crippen LogP contribution in [0.4, 0.5) is 0 Å². The summed E-state index contributed by atoms with van der Waals surface area (Å²) in [5.74, 6) is 1.01. The van der Waals surface area contributed by atoms with Crippen LogP contribution < -0.4 is 10.8 Å². The summed E-state index contributed by atoms with van der Waals surface area (Å²) in [6.45, 7) is 3.28. The summed E-state index contributed by atoms with van der Waals surface area (Å²) in [5.41, 5.74) is 3.94. The van der Waals surface area contributed by atoms with E-state index in [0.29, 0.717) is 0 Å². The Bertz CT molecular complexity index is 163. The molecule has 0 bridgehead atoms. The van der Waals surface area contributed by atoms with Crippen molar-refractivity contribution in [1.82, 2.24) is 10.8 Å². The molecule has 2 heterocycles. The first-order valence-corrected chi connectivity index (χ1v) is 3.90. The topological polar surface area (TPSA) is 42.5 Å². The monoisotopic (exact) mass is 156 g/mol. The highest BCUT2D eigenvalue weighted by atomic mass is 16.7. The van der Waals surface area contributed by atoms with Gasteiger partial charge < -0.3 is 10.1 Å². The maximum absolute atomic E-state index is 5.44. The molecule has 0 unspecified atom stereocenters. The van der Waals surface area contributed by atoms with E-state index in [1.807, 2.05) is 0 Å². The molecule has 2 N–H and O–H groups in total. The molecule has 0 aromatic heterocycles. The number of ether oxygens (including phenoxy) is 1. The average Bonchev–Trinajstić information content (AvgIpc) is 2.58. The van der Waals surface area contributed by atoms with Crippen molar-refractivity contribution in [2.45, 2.75) is 6.42 Å². The van der Waals surface area contributed by atoms with E-state index in [1.165, 1.54) is 0 Å². The van der Waals surface area contributed by atoms with Gasteiger partial charge in [-0.05, 0) is 0 Å². The van der Waals surface area contributed by atoms with Crippen molar-refractivity contribution in [2.24, 2.45) is 0 Å². The molecule has 0 saturated carbocycles. The second-order valence-electron chi connectivity index (χ2n) is 2.63. The summed E-state index contributed by atoms with van der Waals surface area (Å²) in [7, 11) is 0. The van der Waals surface area contributed by atoms with Crippen LogP contribution in [0.15, 0.2) is 11.5 Å². The molecule has 0 aromatic carbocycles. The smallest absolute Gasteiger partial charge is 0.131 e. The SMILES string of the molecule is C1COC(=C2CCON2)CN1. The third kappa shape index (κ3) is 1.46. The first-order chi connectivity index (χ1) is 5.47. The molecule has 2 aliphatic heterocycles. The Kier molecular flexibility index (Phi) is 1.96. The molecule has 0 spiro atoms. The first kappa shape index (κ1) is 6.94. The van der Waals surface area contributed by atoms with Crippen molar-refractivity contribution >= 4 is 0 Å². The molecule has 2 rings (SSSR count). The van der Waals surface area contributed by atoms with Crippen LogP contribution in [-0.4, -0.2) is 26.3 Å². The normalized spacial score (nSPS) is 31.3. The number of hydrogen-bond donors (Lipinski definition) is 2. The summed E-state index contributed by atoms with van der Waals surface area (Å²) in [4.78, 5) is 4.99. The van der Waals surface area contributed by atoms with E-state index in [1.54, 1.807) is 0 Å². The average molecular weight is 156 g/mol. The van der Waals surface area contributed by atoms with Crippen LogP contribution in [0.3, 0.4) is 0 Å². The van der Waals surface area contributed by atoms with Gasteiger partial charge in [-0.1, -0.05) is 0 Å². The zero-order chi connectivity index (χ0) is 7.52. The zero-order valence-corrected chi connectivity index (χ0v) is 6.35. The van der Waals surface area contributed by atoms with Gasteiger partial charge in [-0.15, -0.1) is 0 Å². The molecule has 0 amide bonds. The minimum atomic E-state index is 0.752. The minimum absolute atomic E-state index is 0.752. The standard InChI is InChI=1S/C7H12N2O2/c1-3-11-9-6(1)7-5-8-2-4-10-7/h8-9H,1-5H2. The second-order valence-corrected chi connectivity index (χ2v) is 2.63. The van der Waals surface area contributed by atoms with E-state index >= 15 is 0 Å². The van der Waals surface area contributed by atoms with E-state index in [-0.39, 0.29) is 0 Å². The van der Waals surface area contributed by atoms with Gasteiger partial charge in [0.2, 0.25) is 0 Å². The lowest BCUT2D eigenvalue weighted by molar-refractivity contribution is 0.105.